The molecule has 5 atom stereocenters. The zero-order chi connectivity index (χ0) is 23.5. The molecule has 4 heterocycles. The Hall–Kier alpha value is -1.80. The Morgan fingerprint density at radius 3 is 2.53 bits per heavy atom. The standard InChI is InChI=1S/C24H34N2O5S/c1-22(2,3)14-23(4,5)26-10-7-9-24-17(16-15(32-24)8-6-13-31-21(16)30)19(28)25(11-12-27)18(24)20(26)29/h6-9,15-18,27H,10-14H2,1-5H3/t15-,16+,17+,18?,24+/m1/s1. The lowest BCUT2D eigenvalue weighted by Crippen LogP contribution is -2.59. The lowest BCUT2D eigenvalue weighted by Gasteiger charge is -2.44. The summed E-state index contributed by atoms with van der Waals surface area (Å²) in [7, 11) is 0. The number of carbonyl (C=O) groups is 3. The van der Waals surface area contributed by atoms with Crippen molar-refractivity contribution in [2.45, 2.75) is 62.6 Å². The highest BCUT2D eigenvalue weighted by atomic mass is 32.2. The molecule has 2 saturated heterocycles. The van der Waals surface area contributed by atoms with Crippen LogP contribution in [0.2, 0.25) is 0 Å². The van der Waals surface area contributed by atoms with Crippen molar-refractivity contribution in [3.8, 4) is 0 Å². The molecule has 8 heteroatoms. The summed E-state index contributed by atoms with van der Waals surface area (Å²) >= 11 is 1.52. The van der Waals surface area contributed by atoms with Gasteiger partial charge in [0.05, 0.1) is 23.2 Å². The van der Waals surface area contributed by atoms with Gasteiger partial charge in [0, 0.05) is 23.9 Å². The first-order valence-electron chi connectivity index (χ1n) is 11.3. The molecule has 0 aromatic carbocycles. The highest BCUT2D eigenvalue weighted by molar-refractivity contribution is 8.02. The van der Waals surface area contributed by atoms with Gasteiger partial charge in [0.2, 0.25) is 11.8 Å². The van der Waals surface area contributed by atoms with Gasteiger partial charge in [-0.05, 0) is 25.7 Å². The van der Waals surface area contributed by atoms with Gasteiger partial charge in [-0.3, -0.25) is 14.4 Å². The minimum Gasteiger partial charge on any atom is -0.461 e. The summed E-state index contributed by atoms with van der Waals surface area (Å²) in [5, 5.41) is 9.50. The number of thioether (sulfide) groups is 1. The third kappa shape index (κ3) is 3.59. The summed E-state index contributed by atoms with van der Waals surface area (Å²) < 4.78 is 4.50. The fourth-order valence-electron chi connectivity index (χ4n) is 6.25. The number of ether oxygens (including phenoxy) is 1. The van der Waals surface area contributed by atoms with Gasteiger partial charge >= 0.3 is 5.97 Å². The van der Waals surface area contributed by atoms with Crippen molar-refractivity contribution in [3.63, 3.8) is 0 Å². The number of esters is 1. The Bertz CT molecular complexity index is 876. The molecule has 1 spiro atoms. The molecule has 2 amide bonds. The second kappa shape index (κ2) is 7.90. The molecule has 0 saturated carbocycles. The average molecular weight is 463 g/mol. The molecule has 0 radical (unpaired) electrons. The number of rotatable bonds is 4. The maximum Gasteiger partial charge on any atom is 0.311 e. The molecule has 2 fully saturated rings. The minimum absolute atomic E-state index is 0.0140. The molecule has 0 aromatic rings. The van der Waals surface area contributed by atoms with E-state index in [9.17, 15) is 19.5 Å². The van der Waals surface area contributed by atoms with Crippen LogP contribution in [0.15, 0.2) is 24.3 Å². The summed E-state index contributed by atoms with van der Waals surface area (Å²) in [6.45, 7) is 11.1. The molecule has 176 valence electrons. The second-order valence-corrected chi connectivity index (χ2v) is 12.5. The van der Waals surface area contributed by atoms with Crippen LogP contribution in [0.3, 0.4) is 0 Å². The number of amides is 2. The van der Waals surface area contributed by atoms with Crippen LogP contribution in [-0.4, -0.2) is 80.6 Å². The number of hydrogen-bond acceptors (Lipinski definition) is 6. The lowest BCUT2D eigenvalue weighted by molar-refractivity contribution is -0.151. The molecule has 0 aromatic heterocycles. The lowest BCUT2D eigenvalue weighted by atomic mass is 9.78. The van der Waals surface area contributed by atoms with Crippen LogP contribution in [0.25, 0.3) is 0 Å². The molecule has 4 rings (SSSR count). The van der Waals surface area contributed by atoms with Gasteiger partial charge in [-0.25, -0.2) is 0 Å². The molecule has 1 N–H and O–H groups in total. The summed E-state index contributed by atoms with van der Waals surface area (Å²) in [6.07, 6.45) is 8.53. The Kier molecular flexibility index (Phi) is 5.77. The topological polar surface area (TPSA) is 87.2 Å². The van der Waals surface area contributed by atoms with Crippen molar-refractivity contribution in [3.05, 3.63) is 24.3 Å². The van der Waals surface area contributed by atoms with Crippen molar-refractivity contribution in [1.82, 2.24) is 9.80 Å². The van der Waals surface area contributed by atoms with Gasteiger partial charge in [-0.15, -0.1) is 11.8 Å². The zero-order valence-electron chi connectivity index (χ0n) is 19.5. The first-order chi connectivity index (χ1) is 14.9. The second-order valence-electron chi connectivity index (χ2n) is 11.1. The van der Waals surface area contributed by atoms with E-state index in [1.165, 1.54) is 16.7 Å². The molecule has 0 aliphatic carbocycles. The number of aliphatic hydroxyl groups excluding tert-OH is 1. The van der Waals surface area contributed by atoms with Crippen LogP contribution in [-0.2, 0) is 19.1 Å². The number of cyclic esters (lactones) is 1. The Morgan fingerprint density at radius 2 is 1.88 bits per heavy atom. The fourth-order valence-corrected chi connectivity index (χ4v) is 8.26. The smallest absolute Gasteiger partial charge is 0.311 e. The van der Waals surface area contributed by atoms with Crippen LogP contribution in [0.5, 0.6) is 0 Å². The predicted octanol–water partition coefficient (Wildman–Crippen LogP) is 2.00. The van der Waals surface area contributed by atoms with E-state index in [0.29, 0.717) is 6.54 Å². The number of carbonyl (C=O) groups excluding carboxylic acids is 3. The van der Waals surface area contributed by atoms with Gasteiger partial charge in [0.25, 0.3) is 0 Å². The molecule has 1 unspecified atom stereocenters. The fraction of sp³-hybridized carbons (Fsp3) is 0.708. The van der Waals surface area contributed by atoms with E-state index >= 15 is 0 Å². The summed E-state index contributed by atoms with van der Waals surface area (Å²) in [5.41, 5.74) is -0.413. The third-order valence-corrected chi connectivity index (χ3v) is 8.69. The van der Waals surface area contributed by atoms with E-state index in [1.807, 2.05) is 29.2 Å². The van der Waals surface area contributed by atoms with Crippen LogP contribution in [0, 0.1) is 17.3 Å². The number of nitrogens with zero attached hydrogens (tertiary/aromatic N) is 2. The van der Waals surface area contributed by atoms with Gasteiger partial charge < -0.3 is 19.6 Å². The van der Waals surface area contributed by atoms with Crippen LogP contribution in [0.1, 0.15) is 41.0 Å². The van der Waals surface area contributed by atoms with Gasteiger partial charge in [0.1, 0.15) is 12.6 Å². The molecule has 32 heavy (non-hydrogen) atoms. The number of hydrogen-bond donors (Lipinski definition) is 1. The van der Waals surface area contributed by atoms with Crippen LogP contribution in [0.4, 0.5) is 0 Å². The van der Waals surface area contributed by atoms with E-state index in [2.05, 4.69) is 34.6 Å². The summed E-state index contributed by atoms with van der Waals surface area (Å²) in [6, 6.07) is -0.761. The molecule has 4 aliphatic heterocycles. The molecule has 4 aliphatic rings. The number of fused-ring (bicyclic) bond motifs is 2. The number of aliphatic hydroxyl groups is 1. The van der Waals surface area contributed by atoms with E-state index in [-0.39, 0.29) is 48.2 Å². The van der Waals surface area contributed by atoms with Crippen molar-refractivity contribution < 1.29 is 24.2 Å². The van der Waals surface area contributed by atoms with E-state index < -0.39 is 28.2 Å². The van der Waals surface area contributed by atoms with Crippen LogP contribution >= 0.6 is 11.8 Å². The Balaban J connectivity index is 1.79. The van der Waals surface area contributed by atoms with Gasteiger partial charge in [-0.1, -0.05) is 45.1 Å². The quantitative estimate of drug-likeness (QED) is 0.508. The van der Waals surface area contributed by atoms with Crippen molar-refractivity contribution in [2.24, 2.45) is 17.3 Å². The van der Waals surface area contributed by atoms with Crippen LogP contribution < -0.4 is 0 Å². The van der Waals surface area contributed by atoms with Gasteiger partial charge in [0.15, 0.2) is 0 Å². The minimum atomic E-state index is -0.855. The maximum atomic E-state index is 14.1. The maximum absolute atomic E-state index is 14.1. The zero-order valence-corrected chi connectivity index (χ0v) is 20.4. The summed E-state index contributed by atoms with van der Waals surface area (Å²) in [4.78, 5) is 44.0. The highest BCUT2D eigenvalue weighted by Gasteiger charge is 2.71. The van der Waals surface area contributed by atoms with Crippen molar-refractivity contribution >= 4 is 29.5 Å². The number of β-amino-alcohol motifs (C(OH)–C–C–N with tert-alkyl or cyclic N) is 1. The molecular weight excluding hydrogens is 428 g/mol. The normalized spacial score (nSPS) is 34.8. The summed E-state index contributed by atoms with van der Waals surface area (Å²) in [5.74, 6) is -2.07. The molecular formula is C24H34N2O5S. The SMILES string of the molecule is CC(C)(C)CC(C)(C)N1CC=C[C@]23S[C@@H]4C=CCOC(=O)[C@@H]4[C@H]2C(=O)N(CCO)C3C1=O. The van der Waals surface area contributed by atoms with E-state index in [0.717, 1.165) is 6.42 Å². The van der Waals surface area contributed by atoms with Crippen molar-refractivity contribution in [2.75, 3.05) is 26.3 Å². The van der Waals surface area contributed by atoms with Gasteiger partial charge in [-0.2, -0.15) is 0 Å². The third-order valence-electron chi connectivity index (χ3n) is 6.95. The van der Waals surface area contributed by atoms with E-state index in [4.69, 9.17) is 4.74 Å². The monoisotopic (exact) mass is 462 g/mol. The Morgan fingerprint density at radius 1 is 1.16 bits per heavy atom. The van der Waals surface area contributed by atoms with Crippen molar-refractivity contribution in [1.29, 1.82) is 0 Å². The number of likely N-dealkylation sites (tertiary alicyclic amines) is 1. The highest BCUT2D eigenvalue weighted by Crippen LogP contribution is 2.61. The molecule has 7 nitrogen and oxygen atoms in total. The van der Waals surface area contributed by atoms with E-state index in [1.54, 1.807) is 0 Å². The largest absolute Gasteiger partial charge is 0.461 e. The first kappa shape index (κ1) is 23.4. The molecule has 0 bridgehead atoms. The first-order valence-corrected chi connectivity index (χ1v) is 12.2. The average Bonchev–Trinajstić information content (AvgIpc) is 2.94. The predicted molar refractivity (Wildman–Crippen MR) is 123 cm³/mol. The Labute approximate surface area is 194 Å².